The van der Waals surface area contributed by atoms with Crippen molar-refractivity contribution in [3.8, 4) is 0 Å². The van der Waals surface area contributed by atoms with Crippen LogP contribution in [0.3, 0.4) is 0 Å². The second-order valence-electron chi connectivity index (χ2n) is 8.06. The summed E-state index contributed by atoms with van der Waals surface area (Å²) >= 11 is 1.23. The van der Waals surface area contributed by atoms with E-state index in [9.17, 15) is 17.6 Å². The molecule has 2 aromatic carbocycles. The van der Waals surface area contributed by atoms with E-state index in [-0.39, 0.29) is 42.1 Å². The number of para-hydroxylation sites is 1. The summed E-state index contributed by atoms with van der Waals surface area (Å²) in [5.74, 6) is -0.814. The van der Waals surface area contributed by atoms with Crippen LogP contribution in [0.5, 0.6) is 0 Å². The number of halogens is 1. The number of carbonyl (C=O) groups excluding carboxylic acids is 1. The summed E-state index contributed by atoms with van der Waals surface area (Å²) in [5.41, 5.74) is 0.504. The monoisotopic (exact) mass is 515 g/mol. The van der Waals surface area contributed by atoms with Gasteiger partial charge >= 0.3 is 0 Å². The van der Waals surface area contributed by atoms with Gasteiger partial charge in [-0.15, -0.1) is 13.2 Å². The predicted octanol–water partition coefficient (Wildman–Crippen LogP) is 4.62. The third-order valence-corrected chi connectivity index (χ3v) is 8.54. The van der Waals surface area contributed by atoms with Crippen LogP contribution in [0.4, 0.5) is 9.52 Å². The first kappa shape index (κ1) is 25.2. The van der Waals surface area contributed by atoms with E-state index in [1.54, 1.807) is 12.1 Å². The van der Waals surface area contributed by atoms with Crippen molar-refractivity contribution in [3.05, 3.63) is 79.2 Å². The van der Waals surface area contributed by atoms with Crippen LogP contribution in [-0.2, 0) is 14.8 Å². The van der Waals surface area contributed by atoms with Crippen molar-refractivity contribution in [1.29, 1.82) is 0 Å². The van der Waals surface area contributed by atoms with Gasteiger partial charge in [0.15, 0.2) is 5.13 Å². The fourth-order valence-corrected chi connectivity index (χ4v) is 6.26. The minimum absolute atomic E-state index is 0.0606. The molecule has 1 saturated heterocycles. The zero-order valence-corrected chi connectivity index (χ0v) is 20.7. The van der Waals surface area contributed by atoms with Gasteiger partial charge < -0.3 is 4.74 Å². The molecular weight excluding hydrogens is 489 g/mol. The summed E-state index contributed by atoms with van der Waals surface area (Å²) in [4.78, 5) is 19.5. The Bertz CT molecular complexity index is 1320. The van der Waals surface area contributed by atoms with Crippen LogP contribution >= 0.6 is 11.3 Å². The largest absolute Gasteiger partial charge is 0.376 e. The summed E-state index contributed by atoms with van der Waals surface area (Å²) in [5, 5.41) is 0.366. The molecule has 1 atom stereocenters. The van der Waals surface area contributed by atoms with Crippen molar-refractivity contribution in [2.45, 2.75) is 23.8 Å². The van der Waals surface area contributed by atoms with E-state index >= 15 is 0 Å². The Morgan fingerprint density at radius 3 is 2.49 bits per heavy atom. The molecule has 0 spiro atoms. The first-order valence-corrected chi connectivity index (χ1v) is 13.4. The summed E-state index contributed by atoms with van der Waals surface area (Å²) in [6, 6.07) is 10.5. The summed E-state index contributed by atoms with van der Waals surface area (Å²) in [7, 11) is -3.79. The lowest BCUT2D eigenvalue weighted by molar-refractivity contribution is 0.0917. The van der Waals surface area contributed by atoms with Gasteiger partial charge in [-0.2, -0.15) is 4.31 Å². The molecule has 0 saturated carbocycles. The number of nitrogens with zero attached hydrogens (tertiary/aromatic N) is 3. The molecule has 35 heavy (non-hydrogen) atoms. The summed E-state index contributed by atoms with van der Waals surface area (Å²) in [6.45, 7) is 8.39. The third kappa shape index (κ3) is 5.35. The molecule has 7 nitrogen and oxygen atoms in total. The number of hydrogen-bond acceptors (Lipinski definition) is 6. The normalized spacial score (nSPS) is 16.0. The Labute approximate surface area is 208 Å². The van der Waals surface area contributed by atoms with E-state index < -0.39 is 15.8 Å². The van der Waals surface area contributed by atoms with E-state index in [0.717, 1.165) is 12.8 Å². The van der Waals surface area contributed by atoms with Gasteiger partial charge in [0.2, 0.25) is 10.0 Å². The maximum absolute atomic E-state index is 14.3. The molecular formula is C25H26FN3O4S2. The fourth-order valence-electron chi connectivity index (χ4n) is 3.89. The highest BCUT2D eigenvalue weighted by Crippen LogP contribution is 2.32. The quantitative estimate of drug-likeness (QED) is 0.368. The van der Waals surface area contributed by atoms with Gasteiger partial charge in [-0.25, -0.2) is 17.8 Å². The van der Waals surface area contributed by atoms with E-state index in [1.807, 2.05) is 0 Å². The number of rotatable bonds is 10. The highest BCUT2D eigenvalue weighted by molar-refractivity contribution is 7.89. The molecule has 0 bridgehead atoms. The number of hydrogen-bond donors (Lipinski definition) is 0. The SMILES string of the molecule is C=CCN(CC=C)S(=O)(=O)c1ccc(C(=O)N(CC2CCCO2)c2nc3c(F)cccc3s2)cc1. The first-order valence-electron chi connectivity index (χ1n) is 11.2. The highest BCUT2D eigenvalue weighted by Gasteiger charge is 2.28. The summed E-state index contributed by atoms with van der Waals surface area (Å²) < 4.78 is 47.8. The lowest BCUT2D eigenvalue weighted by Crippen LogP contribution is -2.37. The van der Waals surface area contributed by atoms with Crippen LogP contribution in [0.1, 0.15) is 23.2 Å². The molecule has 0 aliphatic carbocycles. The number of thiazole rings is 1. The zero-order valence-electron chi connectivity index (χ0n) is 19.1. The van der Waals surface area contributed by atoms with Crippen molar-refractivity contribution >= 4 is 42.6 Å². The van der Waals surface area contributed by atoms with E-state index in [4.69, 9.17) is 4.74 Å². The molecule has 4 rings (SSSR count). The molecule has 0 N–H and O–H groups in total. The van der Waals surface area contributed by atoms with Gasteiger partial charge in [0.1, 0.15) is 11.3 Å². The minimum Gasteiger partial charge on any atom is -0.376 e. The van der Waals surface area contributed by atoms with Crippen LogP contribution in [0.25, 0.3) is 10.2 Å². The van der Waals surface area contributed by atoms with E-state index in [0.29, 0.717) is 22.0 Å². The molecule has 1 amide bonds. The number of fused-ring (bicyclic) bond motifs is 1. The average molecular weight is 516 g/mol. The molecule has 184 valence electrons. The number of amides is 1. The lowest BCUT2D eigenvalue weighted by Gasteiger charge is -2.23. The Balaban J connectivity index is 1.65. The maximum atomic E-state index is 14.3. The highest BCUT2D eigenvalue weighted by atomic mass is 32.2. The van der Waals surface area contributed by atoms with Crippen LogP contribution in [0.15, 0.2) is 72.7 Å². The topological polar surface area (TPSA) is 79.8 Å². The smallest absolute Gasteiger partial charge is 0.260 e. The molecule has 10 heteroatoms. The van der Waals surface area contributed by atoms with Gasteiger partial charge in [0.05, 0.1) is 22.2 Å². The fraction of sp³-hybridized carbons (Fsp3) is 0.280. The Kier molecular flexibility index (Phi) is 7.75. The lowest BCUT2D eigenvalue weighted by atomic mass is 10.2. The predicted molar refractivity (Wildman–Crippen MR) is 136 cm³/mol. The summed E-state index contributed by atoms with van der Waals surface area (Å²) in [6.07, 6.45) is 4.56. The first-order chi connectivity index (χ1) is 16.8. The van der Waals surface area contributed by atoms with Crippen molar-refractivity contribution < 1.29 is 22.3 Å². The Hall–Kier alpha value is -2.92. The third-order valence-electron chi connectivity index (χ3n) is 5.65. The Morgan fingerprint density at radius 2 is 1.89 bits per heavy atom. The van der Waals surface area contributed by atoms with Crippen molar-refractivity contribution in [3.63, 3.8) is 0 Å². The molecule has 0 radical (unpaired) electrons. The van der Waals surface area contributed by atoms with Crippen LogP contribution in [0, 0.1) is 5.82 Å². The second-order valence-corrected chi connectivity index (χ2v) is 11.0. The van der Waals surface area contributed by atoms with Crippen molar-refractivity contribution in [1.82, 2.24) is 9.29 Å². The van der Waals surface area contributed by atoms with E-state index in [2.05, 4.69) is 18.1 Å². The zero-order chi connectivity index (χ0) is 25.0. The van der Waals surface area contributed by atoms with E-state index in [1.165, 1.54) is 63.0 Å². The molecule has 1 aliphatic rings. The van der Waals surface area contributed by atoms with Crippen molar-refractivity contribution in [2.24, 2.45) is 0 Å². The number of aromatic nitrogens is 1. The average Bonchev–Trinajstić information content (AvgIpc) is 3.52. The van der Waals surface area contributed by atoms with Gasteiger partial charge in [-0.3, -0.25) is 9.69 Å². The van der Waals surface area contributed by atoms with Crippen LogP contribution < -0.4 is 4.90 Å². The molecule has 2 heterocycles. The molecule has 3 aromatic rings. The van der Waals surface area contributed by atoms with Gasteiger partial charge in [0, 0.05) is 25.3 Å². The number of anilines is 1. The number of sulfonamides is 1. The maximum Gasteiger partial charge on any atom is 0.260 e. The molecule has 1 fully saturated rings. The van der Waals surface area contributed by atoms with Gasteiger partial charge in [0.25, 0.3) is 5.91 Å². The number of carbonyl (C=O) groups is 1. The van der Waals surface area contributed by atoms with Crippen LogP contribution in [-0.4, -0.2) is 56.0 Å². The molecule has 1 unspecified atom stereocenters. The standard InChI is InChI=1S/C25H26FN3O4S2/c1-3-14-28(15-4-2)35(31,32)20-12-10-18(11-13-20)24(30)29(17-19-7-6-16-33-19)25-27-23-21(26)8-5-9-22(23)34-25/h3-5,8-13,19H,1-2,6-7,14-17H2. The van der Waals surface area contributed by atoms with Gasteiger partial charge in [-0.1, -0.05) is 29.6 Å². The minimum atomic E-state index is -3.79. The van der Waals surface area contributed by atoms with Crippen molar-refractivity contribution in [2.75, 3.05) is 31.1 Å². The molecule has 1 aromatic heterocycles. The second kappa shape index (κ2) is 10.8. The Morgan fingerprint density at radius 1 is 1.17 bits per heavy atom. The van der Waals surface area contributed by atoms with Crippen LogP contribution in [0.2, 0.25) is 0 Å². The number of ether oxygens (including phenoxy) is 1. The number of benzene rings is 2. The molecule has 1 aliphatic heterocycles. The van der Waals surface area contributed by atoms with Gasteiger partial charge in [-0.05, 0) is 49.2 Å².